The van der Waals surface area contributed by atoms with E-state index in [0.29, 0.717) is 12.4 Å². The molecule has 0 aliphatic carbocycles. The molecule has 18 heavy (non-hydrogen) atoms. The fourth-order valence-corrected chi connectivity index (χ4v) is 1.96. The number of non-ortho nitro benzene ring substituents is 1. The maximum Gasteiger partial charge on any atom is 0.273 e. The van der Waals surface area contributed by atoms with Crippen molar-refractivity contribution in [2.45, 2.75) is 5.16 Å². The zero-order valence-corrected chi connectivity index (χ0v) is 10.2. The van der Waals surface area contributed by atoms with Crippen LogP contribution >= 0.6 is 11.8 Å². The first kappa shape index (κ1) is 12.4. The van der Waals surface area contributed by atoms with Gasteiger partial charge in [-0.1, -0.05) is 17.8 Å². The molecule has 1 aromatic heterocycles. The van der Waals surface area contributed by atoms with Gasteiger partial charge in [-0.25, -0.2) is 4.98 Å². The van der Waals surface area contributed by atoms with Gasteiger partial charge < -0.3 is 9.72 Å². The van der Waals surface area contributed by atoms with Crippen LogP contribution in [0.3, 0.4) is 0 Å². The number of ether oxygens (including phenoxy) is 1. The van der Waals surface area contributed by atoms with Crippen LogP contribution in [0.5, 0.6) is 5.75 Å². The van der Waals surface area contributed by atoms with E-state index in [9.17, 15) is 10.1 Å². The third kappa shape index (κ3) is 3.49. The maximum atomic E-state index is 10.6. The summed E-state index contributed by atoms with van der Waals surface area (Å²) in [6.45, 7) is 0.465. The van der Waals surface area contributed by atoms with Crippen molar-refractivity contribution in [3.8, 4) is 5.75 Å². The lowest BCUT2D eigenvalue weighted by atomic mass is 10.3. The summed E-state index contributed by atoms with van der Waals surface area (Å²) >= 11 is 1.53. The Morgan fingerprint density at radius 3 is 3.11 bits per heavy atom. The van der Waals surface area contributed by atoms with Crippen LogP contribution in [-0.2, 0) is 0 Å². The molecule has 0 radical (unpaired) electrons. The van der Waals surface area contributed by atoms with Gasteiger partial charge in [0.2, 0.25) is 0 Å². The first-order chi connectivity index (χ1) is 8.75. The minimum Gasteiger partial charge on any atom is -0.492 e. The van der Waals surface area contributed by atoms with Crippen LogP contribution < -0.4 is 4.74 Å². The first-order valence-electron chi connectivity index (χ1n) is 5.25. The number of hydrogen-bond donors (Lipinski definition) is 1. The molecule has 0 aliphatic heterocycles. The van der Waals surface area contributed by atoms with Gasteiger partial charge in [-0.3, -0.25) is 10.1 Å². The quantitative estimate of drug-likeness (QED) is 0.375. The molecule has 0 amide bonds. The van der Waals surface area contributed by atoms with Crippen LogP contribution in [0.15, 0.2) is 41.8 Å². The molecule has 0 bridgehead atoms. The average molecular weight is 265 g/mol. The third-order valence-electron chi connectivity index (χ3n) is 2.09. The number of rotatable bonds is 6. The summed E-state index contributed by atoms with van der Waals surface area (Å²) < 4.78 is 5.43. The van der Waals surface area contributed by atoms with Crippen molar-refractivity contribution in [3.05, 3.63) is 46.8 Å². The first-order valence-corrected chi connectivity index (χ1v) is 6.24. The zero-order valence-electron chi connectivity index (χ0n) is 9.41. The highest BCUT2D eigenvalue weighted by Crippen LogP contribution is 2.19. The molecule has 2 aromatic rings. The second-order valence-electron chi connectivity index (χ2n) is 3.35. The molecule has 94 valence electrons. The molecule has 7 heteroatoms. The van der Waals surface area contributed by atoms with Crippen molar-refractivity contribution in [2.75, 3.05) is 12.4 Å². The molecule has 2 rings (SSSR count). The van der Waals surface area contributed by atoms with Crippen LogP contribution in [0.4, 0.5) is 5.69 Å². The minimum absolute atomic E-state index is 0.0335. The molecule has 0 fully saturated rings. The van der Waals surface area contributed by atoms with Gasteiger partial charge in [0, 0.05) is 24.2 Å². The number of nitrogens with one attached hydrogen (secondary N) is 1. The lowest BCUT2D eigenvalue weighted by Crippen LogP contribution is -2.00. The monoisotopic (exact) mass is 265 g/mol. The summed E-state index contributed by atoms with van der Waals surface area (Å²) in [5.74, 6) is 1.22. The van der Waals surface area contributed by atoms with E-state index in [1.54, 1.807) is 24.5 Å². The smallest absolute Gasteiger partial charge is 0.273 e. The van der Waals surface area contributed by atoms with Crippen molar-refractivity contribution < 1.29 is 9.66 Å². The summed E-state index contributed by atoms with van der Waals surface area (Å²) in [6.07, 6.45) is 3.44. The van der Waals surface area contributed by atoms with E-state index in [1.807, 2.05) is 0 Å². The third-order valence-corrected chi connectivity index (χ3v) is 2.96. The minimum atomic E-state index is -0.440. The fourth-order valence-electron chi connectivity index (χ4n) is 1.31. The van der Waals surface area contributed by atoms with E-state index in [4.69, 9.17) is 4.74 Å². The van der Waals surface area contributed by atoms with Crippen LogP contribution in [0, 0.1) is 10.1 Å². The van der Waals surface area contributed by atoms with Crippen LogP contribution in [0.2, 0.25) is 0 Å². The van der Waals surface area contributed by atoms with E-state index >= 15 is 0 Å². The SMILES string of the molecule is O=[N+]([O-])c1cccc(OCCSc2ncc[nH]2)c1. The lowest BCUT2D eigenvalue weighted by molar-refractivity contribution is -0.384. The second-order valence-corrected chi connectivity index (χ2v) is 4.43. The van der Waals surface area contributed by atoms with Gasteiger partial charge in [-0.15, -0.1) is 0 Å². The van der Waals surface area contributed by atoms with Crippen molar-refractivity contribution in [1.82, 2.24) is 9.97 Å². The molecule has 0 saturated heterocycles. The van der Waals surface area contributed by atoms with E-state index < -0.39 is 4.92 Å². The molecular formula is C11H11N3O3S. The van der Waals surface area contributed by atoms with E-state index in [2.05, 4.69) is 9.97 Å². The Hall–Kier alpha value is -2.02. The number of aromatic nitrogens is 2. The van der Waals surface area contributed by atoms with Gasteiger partial charge in [0.25, 0.3) is 5.69 Å². The van der Waals surface area contributed by atoms with E-state index in [0.717, 1.165) is 10.9 Å². The molecular weight excluding hydrogens is 254 g/mol. The summed E-state index contributed by atoms with van der Waals surface area (Å²) in [4.78, 5) is 17.2. The number of H-pyrrole nitrogens is 1. The Morgan fingerprint density at radius 2 is 2.39 bits per heavy atom. The largest absolute Gasteiger partial charge is 0.492 e. The van der Waals surface area contributed by atoms with Gasteiger partial charge in [0.15, 0.2) is 5.16 Å². The number of nitrogens with zero attached hydrogens (tertiary/aromatic N) is 2. The lowest BCUT2D eigenvalue weighted by Gasteiger charge is -2.04. The molecule has 1 N–H and O–H groups in total. The van der Waals surface area contributed by atoms with Gasteiger partial charge in [0.1, 0.15) is 5.75 Å². The summed E-state index contributed by atoms with van der Waals surface area (Å²) in [5, 5.41) is 11.4. The normalized spacial score (nSPS) is 10.2. The highest BCUT2D eigenvalue weighted by Gasteiger charge is 2.06. The molecule has 1 aromatic carbocycles. The Kier molecular flexibility index (Phi) is 4.19. The summed E-state index contributed by atoms with van der Waals surface area (Å²) in [7, 11) is 0. The van der Waals surface area contributed by atoms with Crippen LogP contribution in [0.1, 0.15) is 0 Å². The molecule has 0 aliphatic rings. The Labute approximate surface area is 108 Å². The van der Waals surface area contributed by atoms with Crippen molar-refractivity contribution >= 4 is 17.4 Å². The molecule has 0 atom stereocenters. The molecule has 1 heterocycles. The predicted molar refractivity (Wildman–Crippen MR) is 67.9 cm³/mol. The average Bonchev–Trinajstić information content (AvgIpc) is 2.88. The Bertz CT molecular complexity index is 516. The predicted octanol–water partition coefficient (Wildman–Crippen LogP) is 2.49. The highest BCUT2D eigenvalue weighted by molar-refractivity contribution is 7.99. The van der Waals surface area contributed by atoms with E-state index in [-0.39, 0.29) is 5.69 Å². The van der Waals surface area contributed by atoms with Gasteiger partial charge in [-0.2, -0.15) is 0 Å². The van der Waals surface area contributed by atoms with Crippen LogP contribution in [0.25, 0.3) is 0 Å². The summed E-state index contributed by atoms with van der Waals surface area (Å²) in [6, 6.07) is 6.15. The number of aromatic amines is 1. The summed E-state index contributed by atoms with van der Waals surface area (Å²) in [5.41, 5.74) is 0.0335. The van der Waals surface area contributed by atoms with E-state index in [1.165, 1.54) is 23.9 Å². The Balaban J connectivity index is 1.79. The molecule has 6 nitrogen and oxygen atoms in total. The van der Waals surface area contributed by atoms with Crippen molar-refractivity contribution in [1.29, 1.82) is 0 Å². The molecule has 0 unspecified atom stereocenters. The van der Waals surface area contributed by atoms with Gasteiger partial charge in [0.05, 0.1) is 17.6 Å². The standard InChI is InChI=1S/C11H11N3O3S/c15-14(16)9-2-1-3-10(8-9)17-6-7-18-11-12-4-5-13-11/h1-5,8H,6-7H2,(H,12,13). The molecule has 0 spiro atoms. The van der Waals surface area contributed by atoms with Gasteiger partial charge in [-0.05, 0) is 6.07 Å². The number of hydrogen-bond acceptors (Lipinski definition) is 5. The van der Waals surface area contributed by atoms with Crippen molar-refractivity contribution in [2.24, 2.45) is 0 Å². The number of imidazole rings is 1. The number of nitro benzene ring substituents is 1. The highest BCUT2D eigenvalue weighted by atomic mass is 32.2. The Morgan fingerprint density at radius 1 is 1.50 bits per heavy atom. The fraction of sp³-hybridized carbons (Fsp3) is 0.182. The number of thioether (sulfide) groups is 1. The molecule has 0 saturated carbocycles. The van der Waals surface area contributed by atoms with Gasteiger partial charge >= 0.3 is 0 Å². The number of benzene rings is 1. The topological polar surface area (TPSA) is 81.1 Å². The zero-order chi connectivity index (χ0) is 12.8. The number of nitro groups is 1. The second kappa shape index (κ2) is 6.06. The van der Waals surface area contributed by atoms with Crippen molar-refractivity contribution in [3.63, 3.8) is 0 Å². The van der Waals surface area contributed by atoms with Crippen LogP contribution in [-0.4, -0.2) is 27.3 Å². The maximum absolute atomic E-state index is 10.6.